The highest BCUT2D eigenvalue weighted by Gasteiger charge is 2.09. The molecule has 0 saturated heterocycles. The maximum absolute atomic E-state index is 11.7. The van der Waals surface area contributed by atoms with Crippen molar-refractivity contribution >= 4 is 18.3 Å². The van der Waals surface area contributed by atoms with E-state index in [4.69, 9.17) is 5.73 Å². The molecule has 0 aliphatic rings. The van der Waals surface area contributed by atoms with E-state index in [1.807, 2.05) is 37.6 Å². The van der Waals surface area contributed by atoms with Gasteiger partial charge in [0.05, 0.1) is 0 Å². The Morgan fingerprint density at radius 2 is 2.19 bits per heavy atom. The lowest BCUT2D eigenvalue weighted by Crippen LogP contribution is -2.30. The van der Waals surface area contributed by atoms with Crippen molar-refractivity contribution < 1.29 is 4.79 Å². The van der Waals surface area contributed by atoms with Crippen molar-refractivity contribution in [2.45, 2.75) is 26.3 Å². The summed E-state index contributed by atoms with van der Waals surface area (Å²) in [5, 5.41) is 2.84. The third-order valence-corrected chi connectivity index (χ3v) is 2.49. The Balaban J connectivity index is 0.00000225. The van der Waals surface area contributed by atoms with Gasteiger partial charge in [-0.25, -0.2) is 0 Å². The van der Waals surface area contributed by atoms with Crippen LogP contribution >= 0.6 is 12.4 Å². The van der Waals surface area contributed by atoms with Crippen LogP contribution in [0.5, 0.6) is 0 Å². The maximum atomic E-state index is 11.7. The first-order valence-electron chi connectivity index (χ1n) is 5.18. The SMILES string of the molecule is Cc1ccc(C(=O)NCCC(C)N)n1C.Cl. The zero-order valence-corrected chi connectivity index (χ0v) is 10.8. The van der Waals surface area contributed by atoms with E-state index in [0.29, 0.717) is 12.2 Å². The number of hydrogen-bond acceptors (Lipinski definition) is 2. The van der Waals surface area contributed by atoms with Crippen LogP contribution in [0.4, 0.5) is 0 Å². The van der Waals surface area contributed by atoms with Gasteiger partial charge < -0.3 is 15.6 Å². The molecule has 1 atom stereocenters. The molecule has 0 aromatic carbocycles. The van der Waals surface area contributed by atoms with Crippen LogP contribution in [0.15, 0.2) is 12.1 Å². The van der Waals surface area contributed by atoms with Crippen LogP contribution in [0.1, 0.15) is 29.5 Å². The topological polar surface area (TPSA) is 60.1 Å². The molecule has 0 fully saturated rings. The molecule has 1 aromatic rings. The summed E-state index contributed by atoms with van der Waals surface area (Å²) in [5.41, 5.74) is 7.36. The number of nitrogens with one attached hydrogen (secondary N) is 1. The minimum atomic E-state index is -0.0359. The number of nitrogens with zero attached hydrogens (tertiary/aromatic N) is 1. The molecule has 3 N–H and O–H groups in total. The summed E-state index contributed by atoms with van der Waals surface area (Å²) in [7, 11) is 1.88. The van der Waals surface area contributed by atoms with E-state index in [1.165, 1.54) is 0 Å². The van der Waals surface area contributed by atoms with Gasteiger partial charge in [0.15, 0.2) is 0 Å². The lowest BCUT2D eigenvalue weighted by atomic mass is 10.2. The molecule has 4 nitrogen and oxygen atoms in total. The Kier molecular flexibility index (Phi) is 6.14. The Bertz CT molecular complexity index is 347. The van der Waals surface area contributed by atoms with Gasteiger partial charge in [0.2, 0.25) is 0 Å². The molecule has 0 spiro atoms. The summed E-state index contributed by atoms with van der Waals surface area (Å²) in [6.07, 6.45) is 0.801. The maximum Gasteiger partial charge on any atom is 0.267 e. The first-order valence-corrected chi connectivity index (χ1v) is 5.18. The van der Waals surface area contributed by atoms with Gasteiger partial charge in [-0.3, -0.25) is 4.79 Å². The fraction of sp³-hybridized carbons (Fsp3) is 0.545. The molecule has 1 aromatic heterocycles. The van der Waals surface area contributed by atoms with E-state index < -0.39 is 0 Å². The van der Waals surface area contributed by atoms with Gasteiger partial charge in [-0.2, -0.15) is 0 Å². The quantitative estimate of drug-likeness (QED) is 0.838. The van der Waals surface area contributed by atoms with E-state index in [-0.39, 0.29) is 24.4 Å². The summed E-state index contributed by atoms with van der Waals surface area (Å²) >= 11 is 0. The van der Waals surface area contributed by atoms with Gasteiger partial charge in [0.1, 0.15) is 5.69 Å². The van der Waals surface area contributed by atoms with Gasteiger partial charge in [-0.15, -0.1) is 12.4 Å². The first kappa shape index (κ1) is 15.0. The molecule has 92 valence electrons. The molecule has 1 amide bonds. The van der Waals surface area contributed by atoms with Crippen molar-refractivity contribution in [3.8, 4) is 0 Å². The molecule has 0 bridgehead atoms. The number of halogens is 1. The molecule has 0 saturated carbocycles. The van der Waals surface area contributed by atoms with Crippen LogP contribution < -0.4 is 11.1 Å². The van der Waals surface area contributed by atoms with Crippen molar-refractivity contribution in [3.05, 3.63) is 23.5 Å². The number of carbonyl (C=O) groups is 1. The highest BCUT2D eigenvalue weighted by Crippen LogP contribution is 2.05. The number of hydrogen-bond donors (Lipinski definition) is 2. The largest absolute Gasteiger partial charge is 0.351 e. The van der Waals surface area contributed by atoms with Crippen molar-refractivity contribution in [2.24, 2.45) is 12.8 Å². The normalized spacial score (nSPS) is 11.8. The van der Waals surface area contributed by atoms with E-state index in [2.05, 4.69) is 5.32 Å². The Morgan fingerprint density at radius 1 is 1.56 bits per heavy atom. The zero-order chi connectivity index (χ0) is 11.4. The summed E-state index contributed by atoms with van der Waals surface area (Å²) in [6, 6.07) is 3.89. The average molecular weight is 246 g/mol. The molecule has 1 heterocycles. The van der Waals surface area contributed by atoms with Crippen LogP contribution in [0.25, 0.3) is 0 Å². The van der Waals surface area contributed by atoms with Crippen molar-refractivity contribution in [1.82, 2.24) is 9.88 Å². The molecule has 0 aliphatic heterocycles. The molecular formula is C11H20ClN3O. The molecule has 1 rings (SSSR count). The molecule has 0 aliphatic carbocycles. The highest BCUT2D eigenvalue weighted by molar-refractivity contribution is 5.92. The third kappa shape index (κ3) is 3.87. The monoisotopic (exact) mass is 245 g/mol. The second-order valence-corrected chi connectivity index (χ2v) is 3.94. The van der Waals surface area contributed by atoms with Crippen molar-refractivity contribution in [3.63, 3.8) is 0 Å². The van der Waals surface area contributed by atoms with Gasteiger partial charge >= 0.3 is 0 Å². The van der Waals surface area contributed by atoms with Gasteiger partial charge in [-0.1, -0.05) is 0 Å². The summed E-state index contributed by atoms with van der Waals surface area (Å²) in [6.45, 7) is 4.53. The minimum Gasteiger partial charge on any atom is -0.351 e. The minimum absolute atomic E-state index is 0. The lowest BCUT2D eigenvalue weighted by Gasteiger charge is -2.08. The fourth-order valence-electron chi connectivity index (χ4n) is 1.35. The van der Waals surface area contributed by atoms with Crippen LogP contribution in [-0.4, -0.2) is 23.1 Å². The highest BCUT2D eigenvalue weighted by atomic mass is 35.5. The van der Waals surface area contributed by atoms with E-state index >= 15 is 0 Å². The molecule has 16 heavy (non-hydrogen) atoms. The van der Waals surface area contributed by atoms with Gasteiger partial charge in [-0.05, 0) is 32.4 Å². The summed E-state index contributed by atoms with van der Waals surface area (Å²) in [4.78, 5) is 11.7. The summed E-state index contributed by atoms with van der Waals surface area (Å²) in [5.74, 6) is -0.0359. The summed E-state index contributed by atoms with van der Waals surface area (Å²) < 4.78 is 1.88. The average Bonchev–Trinajstić information content (AvgIpc) is 2.47. The predicted molar refractivity (Wildman–Crippen MR) is 68.0 cm³/mol. The van der Waals surface area contributed by atoms with Gasteiger partial charge in [0.25, 0.3) is 5.91 Å². The Labute approximate surface area is 103 Å². The van der Waals surface area contributed by atoms with Gasteiger partial charge in [0, 0.05) is 25.3 Å². The standard InChI is InChI=1S/C11H19N3O.ClH/c1-8(12)6-7-13-11(15)10-5-4-9(2)14(10)3;/h4-5,8H,6-7,12H2,1-3H3,(H,13,15);1H. The second kappa shape index (κ2) is 6.55. The third-order valence-electron chi connectivity index (χ3n) is 2.49. The second-order valence-electron chi connectivity index (χ2n) is 3.94. The molecule has 5 heteroatoms. The van der Waals surface area contributed by atoms with E-state index in [0.717, 1.165) is 12.1 Å². The van der Waals surface area contributed by atoms with Crippen LogP contribution in [0.3, 0.4) is 0 Å². The fourth-order valence-corrected chi connectivity index (χ4v) is 1.35. The predicted octanol–water partition coefficient (Wildman–Crippen LogP) is 1.22. The number of carbonyl (C=O) groups excluding carboxylic acids is 1. The van der Waals surface area contributed by atoms with Crippen LogP contribution in [-0.2, 0) is 7.05 Å². The van der Waals surface area contributed by atoms with Crippen LogP contribution in [0, 0.1) is 6.92 Å². The number of aromatic nitrogens is 1. The van der Waals surface area contributed by atoms with Crippen molar-refractivity contribution in [2.75, 3.05) is 6.54 Å². The zero-order valence-electron chi connectivity index (χ0n) is 9.99. The number of nitrogens with two attached hydrogens (primary N) is 1. The molecular weight excluding hydrogens is 226 g/mol. The molecule has 1 unspecified atom stereocenters. The van der Waals surface area contributed by atoms with E-state index in [1.54, 1.807) is 0 Å². The Hall–Kier alpha value is -1.00. The lowest BCUT2D eigenvalue weighted by molar-refractivity contribution is 0.0944. The van der Waals surface area contributed by atoms with Crippen LogP contribution in [0.2, 0.25) is 0 Å². The number of rotatable bonds is 4. The Morgan fingerprint density at radius 3 is 2.62 bits per heavy atom. The smallest absolute Gasteiger partial charge is 0.267 e. The number of amides is 1. The first-order chi connectivity index (χ1) is 7.02. The van der Waals surface area contributed by atoms with E-state index in [9.17, 15) is 4.79 Å². The molecule has 0 radical (unpaired) electrons. The number of aryl methyl sites for hydroxylation is 1. The van der Waals surface area contributed by atoms with Crippen molar-refractivity contribution in [1.29, 1.82) is 0 Å².